The van der Waals surface area contributed by atoms with Gasteiger partial charge >= 0.3 is 11.9 Å². The Morgan fingerprint density at radius 3 is 2.13 bits per heavy atom. The molecule has 15 heavy (non-hydrogen) atoms. The molecule has 0 saturated heterocycles. The van der Waals surface area contributed by atoms with Crippen LogP contribution in [-0.2, 0) is 14.3 Å². The average molecular weight is 225 g/mol. The molecule has 0 amide bonds. The highest BCUT2D eigenvalue weighted by Crippen LogP contribution is 2.17. The van der Waals surface area contributed by atoms with E-state index in [1.54, 1.807) is 0 Å². The Morgan fingerprint density at radius 1 is 1.40 bits per heavy atom. The quantitative estimate of drug-likeness (QED) is 0.423. The Bertz CT molecular complexity index is 264. The number of aliphatic carboxylic acids is 1. The van der Waals surface area contributed by atoms with Crippen LogP contribution in [0.2, 0.25) is 0 Å². The highest BCUT2D eigenvalue weighted by molar-refractivity contribution is 5.83. The van der Waals surface area contributed by atoms with E-state index in [-0.39, 0.29) is 0 Å². The second-order valence-electron chi connectivity index (χ2n) is 3.96. The van der Waals surface area contributed by atoms with Crippen LogP contribution in [0.5, 0.6) is 0 Å². The number of carboxylic acids is 1. The fraction of sp³-hybridized carbons (Fsp3) is 0.750. The maximum absolute atomic E-state index is 13.1. The van der Waals surface area contributed by atoms with Gasteiger partial charge in [-0.3, -0.25) is 4.79 Å². The molecule has 1 atom stereocenters. The van der Waals surface area contributed by atoms with Gasteiger partial charge in [-0.25, -0.2) is 9.18 Å². The van der Waals surface area contributed by atoms with E-state index >= 15 is 0 Å². The summed E-state index contributed by atoms with van der Waals surface area (Å²) in [6.45, 7) is 4.57. The van der Waals surface area contributed by atoms with E-state index in [0.717, 1.165) is 0 Å². The standard InChI is InChI=1S/C8H13F2NO4/c1-7(2,3)15-5(12)4-8(9,11-10)6(13)14/h11H,4H2,1-3H3,(H,13,14)/t8-/m0/s1. The third-order valence-electron chi connectivity index (χ3n) is 1.30. The lowest BCUT2D eigenvalue weighted by Crippen LogP contribution is -2.46. The van der Waals surface area contributed by atoms with Crippen LogP contribution in [0.25, 0.3) is 0 Å². The van der Waals surface area contributed by atoms with E-state index in [1.165, 1.54) is 20.8 Å². The van der Waals surface area contributed by atoms with Crippen LogP contribution in [0.3, 0.4) is 0 Å². The van der Waals surface area contributed by atoms with E-state index in [4.69, 9.17) is 5.11 Å². The fourth-order valence-corrected chi connectivity index (χ4v) is 0.726. The molecule has 0 saturated carbocycles. The Balaban J connectivity index is 4.45. The van der Waals surface area contributed by atoms with Crippen LogP contribution in [0.4, 0.5) is 8.87 Å². The van der Waals surface area contributed by atoms with Gasteiger partial charge in [-0.1, -0.05) is 0 Å². The Hall–Kier alpha value is -1.24. The summed E-state index contributed by atoms with van der Waals surface area (Å²) in [5.74, 6) is -6.70. The summed E-state index contributed by atoms with van der Waals surface area (Å²) in [5.41, 5.74) is -0.455. The van der Waals surface area contributed by atoms with Gasteiger partial charge in [0.05, 0.1) is 0 Å². The summed E-state index contributed by atoms with van der Waals surface area (Å²) >= 11 is 0. The number of carbonyl (C=O) groups excluding carboxylic acids is 1. The summed E-state index contributed by atoms with van der Waals surface area (Å²) in [4.78, 5) is 21.3. The molecular weight excluding hydrogens is 212 g/mol. The van der Waals surface area contributed by atoms with Crippen molar-refractivity contribution in [1.29, 1.82) is 0 Å². The molecule has 7 heteroatoms. The topological polar surface area (TPSA) is 75.6 Å². The third kappa shape index (κ3) is 4.68. The fourth-order valence-electron chi connectivity index (χ4n) is 0.726. The second kappa shape index (κ2) is 4.52. The molecule has 0 bridgehead atoms. The molecule has 0 fully saturated rings. The van der Waals surface area contributed by atoms with Gasteiger partial charge in [0, 0.05) is 0 Å². The molecule has 0 aliphatic heterocycles. The van der Waals surface area contributed by atoms with Crippen molar-refractivity contribution in [3.63, 3.8) is 0 Å². The third-order valence-corrected chi connectivity index (χ3v) is 1.30. The molecule has 0 rings (SSSR count). The number of halogens is 2. The average Bonchev–Trinajstić information content (AvgIpc) is 1.99. The van der Waals surface area contributed by atoms with E-state index in [9.17, 15) is 18.5 Å². The Labute approximate surface area is 85.3 Å². The van der Waals surface area contributed by atoms with Gasteiger partial charge in [-0.2, -0.15) is 0 Å². The Kier molecular flexibility index (Phi) is 4.15. The first kappa shape index (κ1) is 13.8. The van der Waals surface area contributed by atoms with Crippen molar-refractivity contribution in [3.8, 4) is 0 Å². The first-order valence-corrected chi connectivity index (χ1v) is 4.13. The van der Waals surface area contributed by atoms with Gasteiger partial charge in [-0.05, 0) is 20.8 Å². The first-order chi connectivity index (χ1) is 6.60. The van der Waals surface area contributed by atoms with Gasteiger partial charge in [0.25, 0.3) is 5.79 Å². The molecule has 0 aliphatic rings. The second-order valence-corrected chi connectivity index (χ2v) is 3.96. The van der Waals surface area contributed by atoms with Crippen LogP contribution < -0.4 is 5.54 Å². The summed E-state index contributed by atoms with van der Waals surface area (Å²) in [6.07, 6.45) is -1.24. The molecule has 0 radical (unpaired) electrons. The summed E-state index contributed by atoms with van der Waals surface area (Å²) in [7, 11) is 0. The molecule has 5 nitrogen and oxygen atoms in total. The molecule has 0 aliphatic carbocycles. The van der Waals surface area contributed by atoms with Crippen molar-refractivity contribution in [2.24, 2.45) is 0 Å². The highest BCUT2D eigenvalue weighted by Gasteiger charge is 2.43. The Morgan fingerprint density at radius 2 is 1.87 bits per heavy atom. The largest absolute Gasteiger partial charge is 0.478 e. The predicted octanol–water partition coefficient (Wildman–Crippen LogP) is 0.943. The normalized spacial score (nSPS) is 15.5. The lowest BCUT2D eigenvalue weighted by molar-refractivity contribution is -0.172. The minimum absolute atomic E-state index is 0.428. The maximum atomic E-state index is 13.1. The van der Waals surface area contributed by atoms with Crippen LogP contribution in [-0.4, -0.2) is 28.4 Å². The number of esters is 1. The van der Waals surface area contributed by atoms with E-state index in [1.807, 2.05) is 0 Å². The zero-order valence-electron chi connectivity index (χ0n) is 8.63. The van der Waals surface area contributed by atoms with E-state index in [0.29, 0.717) is 5.54 Å². The van der Waals surface area contributed by atoms with E-state index in [2.05, 4.69) is 4.74 Å². The zero-order chi connectivity index (χ0) is 12.3. The summed E-state index contributed by atoms with van der Waals surface area (Å²) < 4.78 is 29.6. The molecule has 0 aromatic heterocycles. The van der Waals surface area contributed by atoms with Crippen LogP contribution in [0.1, 0.15) is 27.2 Å². The molecular formula is C8H13F2NO4. The SMILES string of the molecule is CC(C)(C)OC(=O)C[C@](F)(NF)C(=O)O. The van der Waals surface area contributed by atoms with Crippen molar-refractivity contribution in [2.45, 2.75) is 38.6 Å². The first-order valence-electron chi connectivity index (χ1n) is 4.13. The smallest absolute Gasteiger partial charge is 0.359 e. The number of hydrogen-bond acceptors (Lipinski definition) is 4. The van der Waals surface area contributed by atoms with E-state index < -0.39 is 29.8 Å². The van der Waals surface area contributed by atoms with Crippen molar-refractivity contribution in [1.82, 2.24) is 5.54 Å². The van der Waals surface area contributed by atoms with Crippen LogP contribution >= 0.6 is 0 Å². The lowest BCUT2D eigenvalue weighted by atomic mass is 10.1. The molecule has 0 aromatic rings. The number of nitrogens with one attached hydrogen (secondary N) is 1. The van der Waals surface area contributed by atoms with Gasteiger partial charge in [0.1, 0.15) is 12.0 Å². The molecule has 0 aromatic carbocycles. The number of carboxylic acid groups (broad SMARTS) is 1. The molecule has 0 spiro atoms. The number of rotatable bonds is 4. The van der Waals surface area contributed by atoms with Crippen molar-refractivity contribution >= 4 is 11.9 Å². The van der Waals surface area contributed by atoms with Gasteiger partial charge in [-0.15, -0.1) is 10.0 Å². The molecule has 0 heterocycles. The zero-order valence-corrected chi connectivity index (χ0v) is 8.63. The summed E-state index contributed by atoms with van der Waals surface area (Å²) in [6, 6.07) is 0. The van der Waals surface area contributed by atoms with Crippen LogP contribution in [0, 0.1) is 0 Å². The molecule has 0 unspecified atom stereocenters. The minimum Gasteiger partial charge on any atom is -0.478 e. The monoisotopic (exact) mass is 225 g/mol. The van der Waals surface area contributed by atoms with Crippen molar-refractivity contribution in [2.75, 3.05) is 0 Å². The maximum Gasteiger partial charge on any atom is 0.359 e. The number of hydrogen-bond donors (Lipinski definition) is 2. The number of ether oxygens (including phenoxy) is 1. The number of carbonyl (C=O) groups is 2. The van der Waals surface area contributed by atoms with Gasteiger partial charge in [0.15, 0.2) is 0 Å². The predicted molar refractivity (Wildman–Crippen MR) is 46.2 cm³/mol. The lowest BCUT2D eigenvalue weighted by Gasteiger charge is -2.22. The van der Waals surface area contributed by atoms with Gasteiger partial charge in [0.2, 0.25) is 0 Å². The van der Waals surface area contributed by atoms with Crippen molar-refractivity contribution in [3.05, 3.63) is 0 Å². The summed E-state index contributed by atoms with van der Waals surface area (Å²) in [5, 5.41) is 8.29. The minimum atomic E-state index is -3.44. The highest BCUT2D eigenvalue weighted by atomic mass is 19.2. The van der Waals surface area contributed by atoms with Crippen molar-refractivity contribution < 1.29 is 28.3 Å². The van der Waals surface area contributed by atoms with Crippen LogP contribution in [0.15, 0.2) is 0 Å². The molecule has 2 N–H and O–H groups in total. The van der Waals surface area contributed by atoms with Gasteiger partial charge < -0.3 is 9.84 Å². The molecule has 88 valence electrons. The number of alkyl halides is 1.